The van der Waals surface area contributed by atoms with Gasteiger partial charge in [0.15, 0.2) is 0 Å². The Labute approximate surface area is 109 Å². The number of carbonyl (C=O) groups is 1. The average molecular weight is 250 g/mol. The van der Waals surface area contributed by atoms with Crippen molar-refractivity contribution in [1.29, 1.82) is 0 Å². The van der Waals surface area contributed by atoms with Crippen LogP contribution in [0.4, 0.5) is 0 Å². The number of benzene rings is 1. The van der Waals surface area contributed by atoms with E-state index in [4.69, 9.17) is 4.74 Å². The molecule has 1 rings (SSSR count). The molecule has 0 saturated heterocycles. The van der Waals surface area contributed by atoms with E-state index in [1.807, 2.05) is 25.1 Å². The first-order chi connectivity index (χ1) is 8.65. The summed E-state index contributed by atoms with van der Waals surface area (Å²) in [6.07, 6.45) is 0. The predicted octanol–water partition coefficient (Wildman–Crippen LogP) is 1.41. The molecule has 0 aliphatic heterocycles. The van der Waals surface area contributed by atoms with Crippen LogP contribution in [-0.2, 0) is 9.53 Å². The average Bonchev–Trinajstić information content (AvgIpc) is 2.35. The molecule has 0 aromatic heterocycles. The number of aryl methyl sites for hydroxylation is 1. The number of ether oxygens (including phenoxy) is 1. The van der Waals surface area contributed by atoms with E-state index in [1.165, 1.54) is 5.56 Å². The van der Waals surface area contributed by atoms with E-state index in [2.05, 4.69) is 23.6 Å². The summed E-state index contributed by atoms with van der Waals surface area (Å²) >= 11 is 0. The zero-order chi connectivity index (χ0) is 13.4. The summed E-state index contributed by atoms with van der Waals surface area (Å²) in [4.78, 5) is 11.7. The van der Waals surface area contributed by atoms with E-state index >= 15 is 0 Å². The molecule has 1 aromatic rings. The van der Waals surface area contributed by atoms with Crippen molar-refractivity contribution in [3.63, 3.8) is 0 Å². The molecule has 1 atom stereocenters. The molecule has 0 aliphatic carbocycles. The summed E-state index contributed by atoms with van der Waals surface area (Å²) in [6, 6.07) is 8.11. The molecule has 4 nitrogen and oxygen atoms in total. The molecular formula is C14H22N2O2. The maximum atomic E-state index is 11.7. The molecule has 100 valence electrons. The fraction of sp³-hybridized carbons (Fsp3) is 0.500. The van der Waals surface area contributed by atoms with E-state index in [0.717, 1.165) is 5.56 Å². The number of carbonyl (C=O) groups excluding carboxylic acids is 1. The number of methoxy groups -OCH3 is 1. The van der Waals surface area contributed by atoms with E-state index in [-0.39, 0.29) is 11.9 Å². The lowest BCUT2D eigenvalue weighted by atomic mass is 10.0. The van der Waals surface area contributed by atoms with Gasteiger partial charge >= 0.3 is 0 Å². The maximum absolute atomic E-state index is 11.7. The van der Waals surface area contributed by atoms with Crippen LogP contribution in [0, 0.1) is 6.92 Å². The van der Waals surface area contributed by atoms with Crippen LogP contribution in [0.15, 0.2) is 24.3 Å². The molecule has 0 radical (unpaired) electrons. The molecule has 0 spiro atoms. The van der Waals surface area contributed by atoms with Gasteiger partial charge in [-0.3, -0.25) is 4.79 Å². The third kappa shape index (κ3) is 4.85. The smallest absolute Gasteiger partial charge is 0.234 e. The van der Waals surface area contributed by atoms with E-state index < -0.39 is 0 Å². The molecule has 0 fully saturated rings. The first-order valence-electron chi connectivity index (χ1n) is 6.19. The summed E-state index contributed by atoms with van der Waals surface area (Å²) in [5.41, 5.74) is 2.35. The van der Waals surface area contributed by atoms with E-state index in [0.29, 0.717) is 19.7 Å². The number of hydrogen-bond donors (Lipinski definition) is 2. The van der Waals surface area contributed by atoms with Gasteiger partial charge in [0.1, 0.15) is 0 Å². The SMILES string of the molecule is COCCNCC(=O)N[C@H](C)c1ccccc1C. The highest BCUT2D eigenvalue weighted by molar-refractivity contribution is 5.78. The zero-order valence-electron chi connectivity index (χ0n) is 11.3. The Morgan fingerprint density at radius 2 is 2.11 bits per heavy atom. The van der Waals surface area contributed by atoms with Gasteiger partial charge in [-0.15, -0.1) is 0 Å². The van der Waals surface area contributed by atoms with Crippen molar-refractivity contribution in [3.05, 3.63) is 35.4 Å². The van der Waals surface area contributed by atoms with Crippen molar-refractivity contribution < 1.29 is 9.53 Å². The van der Waals surface area contributed by atoms with Crippen molar-refractivity contribution in [3.8, 4) is 0 Å². The lowest BCUT2D eigenvalue weighted by Gasteiger charge is -2.16. The fourth-order valence-corrected chi connectivity index (χ4v) is 1.82. The maximum Gasteiger partial charge on any atom is 0.234 e. The Hall–Kier alpha value is -1.39. The largest absolute Gasteiger partial charge is 0.383 e. The fourth-order valence-electron chi connectivity index (χ4n) is 1.82. The van der Waals surface area contributed by atoms with Crippen LogP contribution in [0.1, 0.15) is 24.1 Å². The van der Waals surface area contributed by atoms with E-state index in [9.17, 15) is 4.79 Å². The summed E-state index contributed by atoms with van der Waals surface area (Å²) in [5, 5.41) is 5.99. The molecule has 0 unspecified atom stereocenters. The van der Waals surface area contributed by atoms with Crippen LogP contribution in [-0.4, -0.2) is 32.7 Å². The monoisotopic (exact) mass is 250 g/mol. The molecule has 0 heterocycles. The van der Waals surface area contributed by atoms with Crippen molar-refractivity contribution in [1.82, 2.24) is 10.6 Å². The van der Waals surface area contributed by atoms with Crippen LogP contribution in [0.25, 0.3) is 0 Å². The highest BCUT2D eigenvalue weighted by Crippen LogP contribution is 2.16. The lowest BCUT2D eigenvalue weighted by molar-refractivity contribution is -0.120. The standard InChI is InChI=1S/C14H22N2O2/c1-11-6-4-5-7-13(11)12(2)16-14(17)10-15-8-9-18-3/h4-7,12,15H,8-10H2,1-3H3,(H,16,17)/t12-/m1/s1. The quantitative estimate of drug-likeness (QED) is 0.719. The lowest BCUT2D eigenvalue weighted by Crippen LogP contribution is -2.36. The second kappa shape index (κ2) is 7.84. The Kier molecular flexibility index (Phi) is 6.39. The number of nitrogens with one attached hydrogen (secondary N) is 2. The van der Waals surface area contributed by atoms with Gasteiger partial charge in [0.05, 0.1) is 19.2 Å². The van der Waals surface area contributed by atoms with Crippen molar-refractivity contribution in [2.75, 3.05) is 26.8 Å². The first kappa shape index (κ1) is 14.7. The summed E-state index contributed by atoms with van der Waals surface area (Å²) < 4.78 is 4.90. The summed E-state index contributed by atoms with van der Waals surface area (Å²) in [7, 11) is 1.64. The molecule has 0 aliphatic rings. The second-order valence-electron chi connectivity index (χ2n) is 4.32. The van der Waals surface area contributed by atoms with Gasteiger partial charge in [-0.05, 0) is 25.0 Å². The van der Waals surface area contributed by atoms with Gasteiger partial charge in [-0.2, -0.15) is 0 Å². The van der Waals surface area contributed by atoms with Gasteiger partial charge in [0.2, 0.25) is 5.91 Å². The normalized spacial score (nSPS) is 12.2. The minimum Gasteiger partial charge on any atom is -0.383 e. The molecule has 4 heteroatoms. The van der Waals surface area contributed by atoms with Crippen LogP contribution < -0.4 is 10.6 Å². The van der Waals surface area contributed by atoms with Crippen LogP contribution in [0.5, 0.6) is 0 Å². The van der Waals surface area contributed by atoms with Crippen LogP contribution >= 0.6 is 0 Å². The Balaban J connectivity index is 2.38. The van der Waals surface area contributed by atoms with Gasteiger partial charge in [-0.25, -0.2) is 0 Å². The topological polar surface area (TPSA) is 50.4 Å². The van der Waals surface area contributed by atoms with Gasteiger partial charge in [-0.1, -0.05) is 24.3 Å². The van der Waals surface area contributed by atoms with E-state index in [1.54, 1.807) is 7.11 Å². The molecule has 0 saturated carbocycles. The Morgan fingerprint density at radius 1 is 1.39 bits per heavy atom. The number of hydrogen-bond acceptors (Lipinski definition) is 3. The van der Waals surface area contributed by atoms with Crippen molar-refractivity contribution >= 4 is 5.91 Å². The number of amides is 1. The van der Waals surface area contributed by atoms with Gasteiger partial charge < -0.3 is 15.4 Å². The van der Waals surface area contributed by atoms with Gasteiger partial charge in [0, 0.05) is 13.7 Å². The third-order valence-electron chi connectivity index (χ3n) is 2.80. The highest BCUT2D eigenvalue weighted by Gasteiger charge is 2.10. The summed E-state index contributed by atoms with van der Waals surface area (Å²) in [6.45, 7) is 5.66. The predicted molar refractivity (Wildman–Crippen MR) is 72.5 cm³/mol. The first-order valence-corrected chi connectivity index (χ1v) is 6.19. The van der Waals surface area contributed by atoms with Crippen molar-refractivity contribution in [2.45, 2.75) is 19.9 Å². The van der Waals surface area contributed by atoms with Gasteiger partial charge in [0.25, 0.3) is 0 Å². The Morgan fingerprint density at radius 3 is 2.78 bits per heavy atom. The molecule has 18 heavy (non-hydrogen) atoms. The molecule has 1 aromatic carbocycles. The minimum absolute atomic E-state index is 0.00172. The van der Waals surface area contributed by atoms with Crippen LogP contribution in [0.2, 0.25) is 0 Å². The van der Waals surface area contributed by atoms with Crippen LogP contribution in [0.3, 0.4) is 0 Å². The zero-order valence-corrected chi connectivity index (χ0v) is 11.3. The highest BCUT2D eigenvalue weighted by atomic mass is 16.5. The Bertz CT molecular complexity index is 380. The minimum atomic E-state index is 0.00172. The third-order valence-corrected chi connectivity index (χ3v) is 2.80. The molecule has 2 N–H and O–H groups in total. The van der Waals surface area contributed by atoms with Crippen molar-refractivity contribution in [2.24, 2.45) is 0 Å². The number of rotatable bonds is 7. The molecule has 0 bridgehead atoms. The summed E-state index contributed by atoms with van der Waals surface area (Å²) in [5.74, 6) is 0.00172. The second-order valence-corrected chi connectivity index (χ2v) is 4.32. The molecule has 1 amide bonds. The molecular weight excluding hydrogens is 228 g/mol.